The molecule has 0 aliphatic carbocycles. The fourth-order valence-electron chi connectivity index (χ4n) is 2.84. The van der Waals surface area contributed by atoms with Crippen LogP contribution in [0.4, 0.5) is 13.2 Å². The zero-order valence-corrected chi connectivity index (χ0v) is 18.6. The van der Waals surface area contributed by atoms with E-state index in [1.54, 1.807) is 34.9 Å². The second kappa shape index (κ2) is 10.1. The van der Waals surface area contributed by atoms with E-state index >= 15 is 0 Å². The van der Waals surface area contributed by atoms with Gasteiger partial charge in [0.1, 0.15) is 5.75 Å². The maximum Gasteiger partial charge on any atom is 0.416 e. The molecule has 0 saturated heterocycles. The maximum absolute atomic E-state index is 13.3. The minimum absolute atomic E-state index is 0.00479. The Bertz CT molecular complexity index is 1070. The molecule has 0 radical (unpaired) electrons. The zero-order chi connectivity index (χ0) is 23.3. The van der Waals surface area contributed by atoms with Crippen LogP contribution in [0.2, 0.25) is 0 Å². The molecule has 0 aliphatic rings. The van der Waals surface area contributed by atoms with Crippen molar-refractivity contribution in [3.05, 3.63) is 65.5 Å². The summed E-state index contributed by atoms with van der Waals surface area (Å²) in [5.74, 6) is 0.608. The molecule has 3 rings (SSSR count). The van der Waals surface area contributed by atoms with E-state index in [2.05, 4.69) is 15.5 Å². The number of hydrogen-bond acceptors (Lipinski definition) is 5. The lowest BCUT2D eigenvalue weighted by Gasteiger charge is -2.15. The summed E-state index contributed by atoms with van der Waals surface area (Å²) in [6, 6.07) is 11.6. The molecule has 0 bridgehead atoms. The van der Waals surface area contributed by atoms with Crippen molar-refractivity contribution in [2.75, 3.05) is 7.11 Å². The number of nitrogens with zero attached hydrogens (tertiary/aromatic N) is 3. The van der Waals surface area contributed by atoms with Crippen LogP contribution >= 0.6 is 11.8 Å². The van der Waals surface area contributed by atoms with Crippen LogP contribution in [0.15, 0.2) is 53.7 Å². The monoisotopic (exact) mass is 464 g/mol. The molecule has 10 heteroatoms. The fraction of sp³-hybridized carbons (Fsp3) is 0.318. The summed E-state index contributed by atoms with van der Waals surface area (Å²) in [7, 11) is 1.53. The van der Waals surface area contributed by atoms with Gasteiger partial charge in [-0.15, -0.1) is 10.2 Å². The second-order valence-corrected chi connectivity index (χ2v) is 8.44. The van der Waals surface area contributed by atoms with Crippen molar-refractivity contribution in [2.24, 2.45) is 0 Å². The van der Waals surface area contributed by atoms with Crippen molar-refractivity contribution in [1.29, 1.82) is 0 Å². The highest BCUT2D eigenvalue weighted by Crippen LogP contribution is 2.32. The van der Waals surface area contributed by atoms with Crippen molar-refractivity contribution >= 4 is 17.7 Å². The van der Waals surface area contributed by atoms with Crippen LogP contribution in [-0.4, -0.2) is 33.0 Å². The van der Waals surface area contributed by atoms with Crippen LogP contribution in [0, 0.1) is 0 Å². The van der Waals surface area contributed by atoms with Gasteiger partial charge in [0.15, 0.2) is 11.0 Å². The van der Waals surface area contributed by atoms with Gasteiger partial charge < -0.3 is 10.1 Å². The summed E-state index contributed by atoms with van der Waals surface area (Å²) < 4.78 is 46.4. The Hall–Kier alpha value is -3.01. The lowest BCUT2D eigenvalue weighted by molar-refractivity contribution is -0.137. The predicted octanol–water partition coefficient (Wildman–Crippen LogP) is 5.12. The van der Waals surface area contributed by atoms with Gasteiger partial charge in [-0.05, 0) is 48.9 Å². The lowest BCUT2D eigenvalue weighted by atomic mass is 10.2. The van der Waals surface area contributed by atoms with Crippen molar-refractivity contribution < 1.29 is 22.7 Å². The van der Waals surface area contributed by atoms with Gasteiger partial charge in [0, 0.05) is 10.8 Å². The lowest BCUT2D eigenvalue weighted by Crippen LogP contribution is -2.24. The number of methoxy groups -OCH3 is 1. The third-order valence-electron chi connectivity index (χ3n) is 4.77. The number of ether oxygens (including phenoxy) is 1. The first-order chi connectivity index (χ1) is 15.2. The van der Waals surface area contributed by atoms with E-state index in [4.69, 9.17) is 4.74 Å². The average Bonchev–Trinajstić information content (AvgIpc) is 3.19. The highest BCUT2D eigenvalue weighted by Gasteiger charge is 2.31. The molecule has 1 N–H and O–H groups in total. The van der Waals surface area contributed by atoms with Crippen LogP contribution in [0.25, 0.3) is 5.69 Å². The molecule has 1 atom stereocenters. The normalized spacial score (nSPS) is 12.4. The number of amides is 1. The molecular weight excluding hydrogens is 441 g/mol. The fourth-order valence-corrected chi connectivity index (χ4v) is 3.77. The smallest absolute Gasteiger partial charge is 0.416 e. The summed E-state index contributed by atoms with van der Waals surface area (Å²) in [6.07, 6.45) is -3.62. The number of halogens is 3. The second-order valence-electron chi connectivity index (χ2n) is 7.03. The third kappa shape index (κ3) is 5.61. The highest BCUT2D eigenvalue weighted by molar-refractivity contribution is 7.99. The van der Waals surface area contributed by atoms with Crippen LogP contribution in [0.1, 0.15) is 42.0 Å². The highest BCUT2D eigenvalue weighted by atomic mass is 32.2. The minimum atomic E-state index is -4.48. The molecule has 1 aromatic heterocycles. The molecular formula is C22H23F3N4O2S. The Morgan fingerprint density at radius 1 is 1.19 bits per heavy atom. The topological polar surface area (TPSA) is 69.0 Å². The molecule has 3 aromatic rings. The Labute approximate surface area is 188 Å². The van der Waals surface area contributed by atoms with Gasteiger partial charge in [-0.1, -0.05) is 31.7 Å². The van der Waals surface area contributed by atoms with E-state index < -0.39 is 11.7 Å². The molecule has 0 aliphatic heterocycles. The maximum atomic E-state index is 13.3. The number of carbonyl (C=O) groups is 1. The van der Waals surface area contributed by atoms with Crippen LogP contribution < -0.4 is 10.1 Å². The van der Waals surface area contributed by atoms with Gasteiger partial charge in [-0.25, -0.2) is 0 Å². The van der Waals surface area contributed by atoms with Crippen LogP contribution in [-0.2, 0) is 12.7 Å². The van der Waals surface area contributed by atoms with Gasteiger partial charge in [-0.2, -0.15) is 13.2 Å². The Morgan fingerprint density at radius 3 is 2.53 bits per heavy atom. The van der Waals surface area contributed by atoms with E-state index in [1.165, 1.54) is 24.9 Å². The van der Waals surface area contributed by atoms with Crippen molar-refractivity contribution in [2.45, 2.75) is 43.4 Å². The van der Waals surface area contributed by atoms with Gasteiger partial charge in [0.05, 0.1) is 24.9 Å². The Morgan fingerprint density at radius 2 is 1.91 bits per heavy atom. The molecule has 170 valence electrons. The number of alkyl halides is 3. The van der Waals surface area contributed by atoms with E-state index in [-0.39, 0.29) is 23.4 Å². The van der Waals surface area contributed by atoms with Gasteiger partial charge in [0.25, 0.3) is 5.91 Å². The first-order valence-electron chi connectivity index (χ1n) is 9.93. The van der Waals surface area contributed by atoms with Crippen LogP contribution in [0.5, 0.6) is 5.75 Å². The molecule has 0 fully saturated rings. The molecule has 0 saturated carbocycles. The molecule has 1 heterocycles. The largest absolute Gasteiger partial charge is 0.497 e. The van der Waals surface area contributed by atoms with Crippen molar-refractivity contribution in [3.63, 3.8) is 0 Å². The van der Waals surface area contributed by atoms with E-state index in [0.29, 0.717) is 22.3 Å². The summed E-state index contributed by atoms with van der Waals surface area (Å²) in [6.45, 7) is 4.01. The first kappa shape index (κ1) is 23.6. The van der Waals surface area contributed by atoms with Crippen LogP contribution in [0.3, 0.4) is 0 Å². The predicted molar refractivity (Wildman–Crippen MR) is 116 cm³/mol. The van der Waals surface area contributed by atoms with E-state index in [1.807, 2.05) is 13.8 Å². The molecule has 6 nitrogen and oxygen atoms in total. The summed E-state index contributed by atoms with van der Waals surface area (Å²) in [5, 5.41) is 11.7. The zero-order valence-electron chi connectivity index (χ0n) is 17.8. The van der Waals surface area contributed by atoms with Gasteiger partial charge in [-0.3, -0.25) is 9.36 Å². The van der Waals surface area contributed by atoms with Gasteiger partial charge in [0.2, 0.25) is 0 Å². The van der Waals surface area contributed by atoms with Crippen molar-refractivity contribution in [3.8, 4) is 11.4 Å². The number of hydrogen-bond donors (Lipinski definition) is 1. The Kier molecular flexibility index (Phi) is 7.44. The number of rotatable bonds is 8. The number of aromatic nitrogens is 3. The molecule has 1 amide bonds. The van der Waals surface area contributed by atoms with Crippen molar-refractivity contribution in [1.82, 2.24) is 20.1 Å². The molecule has 32 heavy (non-hydrogen) atoms. The van der Waals surface area contributed by atoms with E-state index in [0.717, 1.165) is 18.6 Å². The SMILES string of the molecule is CCC(C)Sc1nnc(CNC(=O)c2ccc(OC)cc2)n1-c1cccc(C(F)(F)F)c1. The van der Waals surface area contributed by atoms with E-state index in [9.17, 15) is 18.0 Å². The number of thioether (sulfide) groups is 1. The quantitative estimate of drug-likeness (QED) is 0.469. The standard InChI is InChI=1S/C22H23F3N4O2S/c1-4-14(2)32-21-28-27-19(13-26-20(30)15-8-10-18(31-3)11-9-15)29(21)17-7-5-6-16(12-17)22(23,24)25/h5-12,14H,4,13H2,1-3H3,(H,26,30). The summed E-state index contributed by atoms with van der Waals surface area (Å²) >= 11 is 1.42. The Balaban J connectivity index is 1.90. The number of carbonyl (C=O) groups excluding carboxylic acids is 1. The molecule has 0 spiro atoms. The number of nitrogens with one attached hydrogen (secondary N) is 1. The molecule has 1 unspecified atom stereocenters. The first-order valence-corrected chi connectivity index (χ1v) is 10.8. The number of benzene rings is 2. The summed E-state index contributed by atoms with van der Waals surface area (Å²) in [5.41, 5.74) is -0.0640. The summed E-state index contributed by atoms with van der Waals surface area (Å²) in [4.78, 5) is 12.5. The van der Waals surface area contributed by atoms with Gasteiger partial charge >= 0.3 is 6.18 Å². The minimum Gasteiger partial charge on any atom is -0.497 e. The molecule has 2 aromatic carbocycles. The third-order valence-corrected chi connectivity index (χ3v) is 5.98. The average molecular weight is 465 g/mol.